The van der Waals surface area contributed by atoms with E-state index in [0.717, 1.165) is 47.8 Å². The first kappa shape index (κ1) is 18.6. The van der Waals surface area contributed by atoms with Crippen LogP contribution in [-0.2, 0) is 0 Å². The molecule has 1 saturated heterocycles. The van der Waals surface area contributed by atoms with Gasteiger partial charge in [-0.1, -0.05) is 18.2 Å². The van der Waals surface area contributed by atoms with Crippen molar-refractivity contribution in [2.24, 2.45) is 0 Å². The van der Waals surface area contributed by atoms with Crippen LogP contribution in [0.5, 0.6) is 0 Å². The van der Waals surface area contributed by atoms with Crippen LogP contribution in [0.2, 0.25) is 0 Å². The first-order chi connectivity index (χ1) is 12.6. The molecule has 5 nitrogen and oxygen atoms in total. The van der Waals surface area contributed by atoms with E-state index >= 15 is 0 Å². The lowest BCUT2D eigenvalue weighted by atomic mass is 9.99. The maximum absolute atomic E-state index is 13.0. The normalized spacial score (nSPS) is 17.2. The van der Waals surface area contributed by atoms with Gasteiger partial charge in [-0.3, -0.25) is 9.59 Å². The van der Waals surface area contributed by atoms with Gasteiger partial charge < -0.3 is 10.2 Å². The van der Waals surface area contributed by atoms with Crippen molar-refractivity contribution < 1.29 is 9.59 Å². The number of amides is 2. The number of benzene rings is 1. The smallest absolute Gasteiger partial charge is 0.266 e. The van der Waals surface area contributed by atoms with Crippen LogP contribution in [0.4, 0.5) is 0 Å². The van der Waals surface area contributed by atoms with Gasteiger partial charge in [0.15, 0.2) is 0 Å². The molecule has 138 valence electrons. The van der Waals surface area contributed by atoms with Gasteiger partial charge in [0.1, 0.15) is 4.88 Å². The van der Waals surface area contributed by atoms with E-state index < -0.39 is 0 Å². The Balaban J connectivity index is 1.59. The maximum Gasteiger partial charge on any atom is 0.266 e. The van der Waals surface area contributed by atoms with Crippen LogP contribution in [0.25, 0.3) is 0 Å². The SMILES string of the molecule is Cc1nc(C)c(C(=O)N2CCCCC2CCNC(=O)c2ccccc2)s1. The van der Waals surface area contributed by atoms with Crippen LogP contribution in [0, 0.1) is 13.8 Å². The molecule has 1 fully saturated rings. The van der Waals surface area contributed by atoms with Gasteiger partial charge in [0.25, 0.3) is 11.8 Å². The summed E-state index contributed by atoms with van der Waals surface area (Å²) in [5.74, 6) is 0.0281. The predicted molar refractivity (Wildman–Crippen MR) is 104 cm³/mol. The Morgan fingerprint density at radius 1 is 1.23 bits per heavy atom. The highest BCUT2D eigenvalue weighted by Gasteiger charge is 2.29. The zero-order valence-electron chi connectivity index (χ0n) is 15.3. The average molecular weight is 372 g/mol. The molecular weight excluding hydrogens is 346 g/mol. The second-order valence-corrected chi connectivity index (χ2v) is 7.91. The van der Waals surface area contributed by atoms with Crippen LogP contribution in [0.15, 0.2) is 30.3 Å². The van der Waals surface area contributed by atoms with E-state index in [4.69, 9.17) is 0 Å². The minimum atomic E-state index is -0.0618. The van der Waals surface area contributed by atoms with E-state index in [1.165, 1.54) is 11.3 Å². The first-order valence-electron chi connectivity index (χ1n) is 9.14. The summed E-state index contributed by atoms with van der Waals surface area (Å²) in [7, 11) is 0. The van der Waals surface area contributed by atoms with Crippen molar-refractivity contribution in [2.45, 2.75) is 45.6 Å². The molecule has 0 radical (unpaired) electrons. The largest absolute Gasteiger partial charge is 0.352 e. The highest BCUT2D eigenvalue weighted by atomic mass is 32.1. The lowest BCUT2D eigenvalue weighted by Gasteiger charge is -2.35. The van der Waals surface area contributed by atoms with Crippen LogP contribution < -0.4 is 5.32 Å². The summed E-state index contributed by atoms with van der Waals surface area (Å²) < 4.78 is 0. The minimum Gasteiger partial charge on any atom is -0.352 e. The number of hydrogen-bond acceptors (Lipinski definition) is 4. The van der Waals surface area contributed by atoms with Gasteiger partial charge in [-0.05, 0) is 51.7 Å². The number of thiazole rings is 1. The fraction of sp³-hybridized carbons (Fsp3) is 0.450. The Morgan fingerprint density at radius 2 is 2.00 bits per heavy atom. The number of nitrogens with zero attached hydrogens (tertiary/aromatic N) is 2. The monoisotopic (exact) mass is 371 g/mol. The van der Waals surface area contributed by atoms with Gasteiger partial charge in [-0.15, -0.1) is 11.3 Å². The third-order valence-electron chi connectivity index (χ3n) is 4.78. The van der Waals surface area contributed by atoms with Crippen LogP contribution in [0.3, 0.4) is 0 Å². The molecule has 1 aromatic heterocycles. The molecule has 2 amide bonds. The van der Waals surface area contributed by atoms with Crippen molar-refractivity contribution in [3.63, 3.8) is 0 Å². The summed E-state index contributed by atoms with van der Waals surface area (Å²) in [5, 5.41) is 3.90. The van der Waals surface area contributed by atoms with Crippen LogP contribution in [-0.4, -0.2) is 40.8 Å². The first-order valence-corrected chi connectivity index (χ1v) is 9.96. The molecule has 3 rings (SSSR count). The molecule has 26 heavy (non-hydrogen) atoms. The van der Waals surface area contributed by atoms with Crippen molar-refractivity contribution in [1.82, 2.24) is 15.2 Å². The third-order valence-corrected chi connectivity index (χ3v) is 5.85. The van der Waals surface area contributed by atoms with Crippen molar-refractivity contribution in [3.05, 3.63) is 51.5 Å². The number of likely N-dealkylation sites (tertiary alicyclic amines) is 1. The van der Waals surface area contributed by atoms with E-state index in [2.05, 4.69) is 10.3 Å². The second kappa shape index (κ2) is 8.45. The number of piperidine rings is 1. The molecule has 0 bridgehead atoms. The second-order valence-electron chi connectivity index (χ2n) is 6.71. The average Bonchev–Trinajstić information content (AvgIpc) is 3.00. The molecule has 1 aromatic carbocycles. The van der Waals surface area contributed by atoms with E-state index in [-0.39, 0.29) is 17.9 Å². The molecular formula is C20H25N3O2S. The van der Waals surface area contributed by atoms with Gasteiger partial charge in [-0.25, -0.2) is 4.98 Å². The Hall–Kier alpha value is -2.21. The van der Waals surface area contributed by atoms with E-state index in [9.17, 15) is 9.59 Å². The van der Waals surface area contributed by atoms with E-state index in [0.29, 0.717) is 12.1 Å². The molecule has 2 aromatic rings. The summed E-state index contributed by atoms with van der Waals surface area (Å²) in [6.07, 6.45) is 3.93. The van der Waals surface area contributed by atoms with Crippen molar-refractivity contribution in [2.75, 3.05) is 13.1 Å². The maximum atomic E-state index is 13.0. The van der Waals surface area contributed by atoms with Crippen LogP contribution >= 0.6 is 11.3 Å². The molecule has 1 aliphatic rings. The van der Waals surface area contributed by atoms with Gasteiger partial charge in [0.05, 0.1) is 10.7 Å². The fourth-order valence-corrected chi connectivity index (χ4v) is 4.35. The molecule has 1 unspecified atom stereocenters. The third kappa shape index (κ3) is 4.30. The molecule has 0 saturated carbocycles. The number of aryl methyl sites for hydroxylation is 2. The summed E-state index contributed by atoms with van der Waals surface area (Å²) in [6, 6.07) is 9.40. The minimum absolute atomic E-state index is 0.0618. The number of aromatic nitrogens is 1. The summed E-state index contributed by atoms with van der Waals surface area (Å²) in [5.41, 5.74) is 1.49. The summed E-state index contributed by atoms with van der Waals surface area (Å²) in [6.45, 7) is 5.19. The van der Waals surface area contributed by atoms with Gasteiger partial charge in [0, 0.05) is 24.7 Å². The standard InChI is InChI=1S/C20H25N3O2S/c1-14-18(26-15(2)22-14)20(25)23-13-7-6-10-17(23)11-12-21-19(24)16-8-4-3-5-9-16/h3-5,8-9,17H,6-7,10-13H2,1-2H3,(H,21,24). The summed E-state index contributed by atoms with van der Waals surface area (Å²) >= 11 is 1.47. The highest BCUT2D eigenvalue weighted by Crippen LogP contribution is 2.25. The number of nitrogens with one attached hydrogen (secondary N) is 1. The number of hydrogen-bond donors (Lipinski definition) is 1. The number of carbonyl (C=O) groups is 2. The molecule has 1 aliphatic heterocycles. The van der Waals surface area contributed by atoms with Gasteiger partial charge >= 0.3 is 0 Å². The number of rotatable bonds is 5. The van der Waals surface area contributed by atoms with Gasteiger partial charge in [-0.2, -0.15) is 0 Å². The van der Waals surface area contributed by atoms with Crippen molar-refractivity contribution in [3.8, 4) is 0 Å². The zero-order valence-corrected chi connectivity index (χ0v) is 16.1. The highest BCUT2D eigenvalue weighted by molar-refractivity contribution is 7.13. The van der Waals surface area contributed by atoms with Crippen molar-refractivity contribution >= 4 is 23.2 Å². The van der Waals surface area contributed by atoms with Crippen molar-refractivity contribution in [1.29, 1.82) is 0 Å². The molecule has 0 spiro atoms. The van der Waals surface area contributed by atoms with E-state index in [1.807, 2.05) is 36.9 Å². The molecule has 1 atom stereocenters. The number of carbonyl (C=O) groups excluding carboxylic acids is 2. The molecule has 6 heteroatoms. The Kier molecular flexibility index (Phi) is 6.04. The van der Waals surface area contributed by atoms with Gasteiger partial charge in [0.2, 0.25) is 0 Å². The Bertz CT molecular complexity index is 773. The molecule has 0 aliphatic carbocycles. The Morgan fingerprint density at radius 3 is 2.69 bits per heavy atom. The molecule has 2 heterocycles. The van der Waals surface area contributed by atoms with E-state index in [1.54, 1.807) is 12.1 Å². The topological polar surface area (TPSA) is 62.3 Å². The quantitative estimate of drug-likeness (QED) is 0.874. The lowest BCUT2D eigenvalue weighted by molar-refractivity contribution is 0.0605. The predicted octanol–water partition coefficient (Wildman–Crippen LogP) is 3.57. The summed E-state index contributed by atoms with van der Waals surface area (Å²) in [4.78, 5) is 32.3. The van der Waals surface area contributed by atoms with Crippen LogP contribution in [0.1, 0.15) is 56.4 Å². The zero-order chi connectivity index (χ0) is 18.5. The fourth-order valence-electron chi connectivity index (χ4n) is 3.47. The molecule has 1 N–H and O–H groups in total. The Labute approximate surface area is 158 Å². The lowest BCUT2D eigenvalue weighted by Crippen LogP contribution is -2.45.